The number of pyridine rings is 1. The molecule has 0 aromatic carbocycles. The Morgan fingerprint density at radius 1 is 1.48 bits per heavy atom. The van der Waals surface area contributed by atoms with Crippen LogP contribution in [0.4, 0.5) is 15.8 Å². The second-order valence-corrected chi connectivity index (χ2v) is 9.14. The average Bonchev–Trinajstić information content (AvgIpc) is 3.25. The number of anilines is 2. The van der Waals surface area contributed by atoms with Crippen molar-refractivity contribution >= 4 is 38.9 Å². The van der Waals surface area contributed by atoms with E-state index in [0.717, 1.165) is 12.5 Å². The molecule has 1 unspecified atom stereocenters. The third kappa shape index (κ3) is 5.13. The van der Waals surface area contributed by atoms with Crippen molar-refractivity contribution in [2.75, 3.05) is 23.1 Å². The molecule has 3 rings (SSSR count). The Kier molecular flexibility index (Phi) is 6.80. The third-order valence-electron chi connectivity index (χ3n) is 4.58. The molecule has 10 nitrogen and oxygen atoms in total. The first-order chi connectivity index (χ1) is 14.6. The van der Waals surface area contributed by atoms with Gasteiger partial charge in [0, 0.05) is 30.0 Å². The zero-order chi connectivity index (χ0) is 22.8. The normalized spacial score (nSPS) is 14.0. The molecule has 166 valence electrons. The van der Waals surface area contributed by atoms with Gasteiger partial charge >= 0.3 is 0 Å². The summed E-state index contributed by atoms with van der Waals surface area (Å²) < 4.78 is 41.9. The summed E-state index contributed by atoms with van der Waals surface area (Å²) in [7, 11) is -3.77. The lowest BCUT2D eigenvalue weighted by molar-refractivity contribution is 0.101. The highest BCUT2D eigenvalue weighted by atomic mass is 35.5. The van der Waals surface area contributed by atoms with E-state index in [1.54, 1.807) is 10.6 Å². The van der Waals surface area contributed by atoms with Gasteiger partial charge in [0.15, 0.2) is 0 Å². The van der Waals surface area contributed by atoms with Crippen molar-refractivity contribution in [1.29, 1.82) is 5.26 Å². The molecule has 0 aliphatic carbocycles. The molecular weight excluding hydrogens is 451 g/mol. The number of rotatable bonds is 8. The second-order valence-electron chi connectivity index (χ2n) is 7.01. The average molecular weight is 471 g/mol. The highest BCUT2D eigenvalue weighted by Gasteiger charge is 2.30. The molecule has 1 amide bonds. The number of hydrogen-bond donors (Lipinski definition) is 4. The van der Waals surface area contributed by atoms with Crippen molar-refractivity contribution in [2.45, 2.75) is 32.4 Å². The van der Waals surface area contributed by atoms with Crippen LogP contribution >= 0.6 is 11.6 Å². The molecule has 31 heavy (non-hydrogen) atoms. The zero-order valence-electron chi connectivity index (χ0n) is 16.4. The van der Waals surface area contributed by atoms with Crippen LogP contribution in [-0.2, 0) is 23.0 Å². The van der Waals surface area contributed by atoms with Crippen LogP contribution in [0.2, 0.25) is 5.02 Å². The van der Waals surface area contributed by atoms with E-state index >= 15 is 0 Å². The molecule has 13 heteroatoms. The van der Waals surface area contributed by atoms with Gasteiger partial charge in [-0.15, -0.1) is 0 Å². The summed E-state index contributed by atoms with van der Waals surface area (Å²) in [6.45, 7) is 1.66. The van der Waals surface area contributed by atoms with Gasteiger partial charge in [0.1, 0.15) is 23.3 Å². The van der Waals surface area contributed by atoms with E-state index < -0.39 is 33.8 Å². The van der Waals surface area contributed by atoms with Crippen molar-refractivity contribution in [3.05, 3.63) is 40.2 Å². The number of carbonyl (C=O) groups is 1. The third-order valence-corrected chi connectivity index (χ3v) is 6.24. The van der Waals surface area contributed by atoms with Crippen molar-refractivity contribution in [3.8, 4) is 6.07 Å². The van der Waals surface area contributed by atoms with Crippen LogP contribution in [0.5, 0.6) is 0 Å². The predicted octanol–water partition coefficient (Wildman–Crippen LogP) is 1.42. The van der Waals surface area contributed by atoms with Gasteiger partial charge in [-0.05, 0) is 25.8 Å². The van der Waals surface area contributed by atoms with Crippen LogP contribution in [-0.4, -0.2) is 47.5 Å². The van der Waals surface area contributed by atoms with Gasteiger partial charge < -0.3 is 20.3 Å². The summed E-state index contributed by atoms with van der Waals surface area (Å²) >= 11 is 6.42. The molecule has 0 fully saturated rings. The Balaban J connectivity index is 1.86. The number of carbonyl (C=O) groups excluding carboxylic acids is 1. The standard InChI is InChI=1S/C18H20ClFN6O4S/c1-10(8-27)25-31(29,30)9-22-16-13-3-2-4-26(13)17(15(16)19)18(28)24-11-5-12(7-21)23-14(20)6-11/h5-6,10,22,25,27H,2-4,8-9H2,1H3,(H,23,24,28). The number of aliphatic hydroxyl groups is 1. The minimum Gasteiger partial charge on any atom is -0.395 e. The Bertz CT molecular complexity index is 1160. The fraction of sp³-hybridized carbons (Fsp3) is 0.389. The summed E-state index contributed by atoms with van der Waals surface area (Å²) in [5.41, 5.74) is 0.947. The van der Waals surface area contributed by atoms with Gasteiger partial charge in [0.05, 0.1) is 17.3 Å². The van der Waals surface area contributed by atoms with Crippen LogP contribution < -0.4 is 15.4 Å². The van der Waals surface area contributed by atoms with Gasteiger partial charge in [0.2, 0.25) is 16.0 Å². The molecule has 0 spiro atoms. The number of hydrogen-bond acceptors (Lipinski definition) is 7. The van der Waals surface area contributed by atoms with Crippen molar-refractivity contribution in [3.63, 3.8) is 0 Å². The number of aromatic nitrogens is 2. The molecule has 0 saturated heterocycles. The van der Waals surface area contributed by atoms with E-state index in [2.05, 4.69) is 20.3 Å². The number of nitrogens with one attached hydrogen (secondary N) is 3. The number of sulfonamides is 1. The van der Waals surface area contributed by atoms with Gasteiger partial charge in [-0.2, -0.15) is 9.65 Å². The quantitative estimate of drug-likeness (QED) is 0.426. The van der Waals surface area contributed by atoms with E-state index in [9.17, 15) is 17.6 Å². The number of nitrogens with zero attached hydrogens (tertiary/aromatic N) is 3. The van der Waals surface area contributed by atoms with Crippen LogP contribution in [0.25, 0.3) is 0 Å². The SMILES string of the molecule is CC(CO)NS(=O)(=O)CNc1c(Cl)c(C(=O)Nc2cc(F)nc(C#N)c2)n2c1CCC2. The Morgan fingerprint density at radius 3 is 2.90 bits per heavy atom. The van der Waals surface area contributed by atoms with E-state index in [0.29, 0.717) is 24.3 Å². The maximum Gasteiger partial charge on any atom is 0.273 e. The highest BCUT2D eigenvalue weighted by Crippen LogP contribution is 2.37. The summed E-state index contributed by atoms with van der Waals surface area (Å²) in [5.74, 6) is -2.06. The van der Waals surface area contributed by atoms with Crippen LogP contribution in [0.1, 0.15) is 35.2 Å². The molecule has 0 bridgehead atoms. The maximum absolute atomic E-state index is 13.6. The van der Waals surface area contributed by atoms with E-state index in [4.69, 9.17) is 22.0 Å². The summed E-state index contributed by atoms with van der Waals surface area (Å²) in [5, 5.41) is 23.3. The van der Waals surface area contributed by atoms with E-state index in [-0.39, 0.29) is 28.7 Å². The summed E-state index contributed by atoms with van der Waals surface area (Å²) in [6.07, 6.45) is 1.31. The lowest BCUT2D eigenvalue weighted by atomic mass is 10.2. The van der Waals surface area contributed by atoms with E-state index in [1.807, 2.05) is 0 Å². The molecule has 1 aliphatic rings. The molecule has 0 radical (unpaired) electrons. The van der Waals surface area contributed by atoms with Crippen molar-refractivity contribution in [1.82, 2.24) is 14.3 Å². The fourth-order valence-corrected chi connectivity index (χ4v) is 4.78. The van der Waals surface area contributed by atoms with Crippen LogP contribution in [0, 0.1) is 17.3 Å². The van der Waals surface area contributed by atoms with Crippen LogP contribution in [0.15, 0.2) is 12.1 Å². The first-order valence-corrected chi connectivity index (χ1v) is 11.3. The molecule has 2 aromatic heterocycles. The lowest BCUT2D eigenvalue weighted by Crippen LogP contribution is -2.38. The van der Waals surface area contributed by atoms with Crippen molar-refractivity contribution < 1.29 is 22.7 Å². The molecule has 2 aromatic rings. The second kappa shape index (κ2) is 9.19. The van der Waals surface area contributed by atoms with Crippen LogP contribution in [0.3, 0.4) is 0 Å². The van der Waals surface area contributed by atoms with Gasteiger partial charge in [0.25, 0.3) is 5.91 Å². The molecule has 1 atom stereocenters. The Hall–Kier alpha value is -2.72. The monoisotopic (exact) mass is 470 g/mol. The number of halogens is 2. The zero-order valence-corrected chi connectivity index (χ0v) is 18.0. The number of amides is 1. The topological polar surface area (TPSA) is 149 Å². The minimum atomic E-state index is -3.77. The minimum absolute atomic E-state index is 0.0349. The smallest absolute Gasteiger partial charge is 0.273 e. The summed E-state index contributed by atoms with van der Waals surface area (Å²) in [4.78, 5) is 16.3. The predicted molar refractivity (Wildman–Crippen MR) is 112 cm³/mol. The first-order valence-electron chi connectivity index (χ1n) is 9.29. The molecular formula is C18H20ClFN6O4S. The molecule has 3 heterocycles. The largest absolute Gasteiger partial charge is 0.395 e. The molecule has 1 aliphatic heterocycles. The first kappa shape index (κ1) is 23.0. The number of aliphatic hydroxyl groups excluding tert-OH is 1. The van der Waals surface area contributed by atoms with Gasteiger partial charge in [-0.1, -0.05) is 11.6 Å². The van der Waals surface area contributed by atoms with Gasteiger partial charge in [-0.3, -0.25) is 4.79 Å². The Labute approximate surface area is 183 Å². The van der Waals surface area contributed by atoms with E-state index in [1.165, 1.54) is 13.0 Å². The fourth-order valence-electron chi connectivity index (χ4n) is 3.32. The Morgan fingerprint density at radius 2 is 2.23 bits per heavy atom. The van der Waals surface area contributed by atoms with Gasteiger partial charge in [-0.25, -0.2) is 18.1 Å². The molecule has 0 saturated carbocycles. The highest BCUT2D eigenvalue weighted by molar-refractivity contribution is 7.89. The lowest BCUT2D eigenvalue weighted by Gasteiger charge is -2.13. The number of fused-ring (bicyclic) bond motifs is 1. The maximum atomic E-state index is 13.6. The summed E-state index contributed by atoms with van der Waals surface area (Å²) in [6, 6.07) is 3.25. The number of nitriles is 1. The van der Waals surface area contributed by atoms with Crippen molar-refractivity contribution in [2.24, 2.45) is 0 Å². The molecule has 4 N–H and O–H groups in total.